The highest BCUT2D eigenvalue weighted by atomic mass is 19.4. The summed E-state index contributed by atoms with van der Waals surface area (Å²) >= 11 is 0. The maximum absolute atomic E-state index is 12.5. The molecule has 0 radical (unpaired) electrons. The smallest absolute Gasteiger partial charge is 0.416 e. The number of benzene rings is 1. The summed E-state index contributed by atoms with van der Waals surface area (Å²) < 4.78 is 47.5. The van der Waals surface area contributed by atoms with E-state index in [1.807, 2.05) is 0 Å². The Kier molecular flexibility index (Phi) is 3.32. The molecule has 1 aromatic heterocycles. The summed E-state index contributed by atoms with van der Waals surface area (Å²) in [4.78, 5) is 15.7. The zero-order chi connectivity index (χ0) is 15.7. The number of furan rings is 1. The third-order valence-corrected chi connectivity index (χ3v) is 2.90. The fourth-order valence-corrected chi connectivity index (χ4v) is 1.84. The number of aliphatic imine (C=N–C) groups is 1. The molecular weight excluding hydrogens is 299 g/mol. The van der Waals surface area contributed by atoms with Crippen molar-refractivity contribution >= 4 is 17.9 Å². The molecule has 0 fully saturated rings. The van der Waals surface area contributed by atoms with Gasteiger partial charge < -0.3 is 9.15 Å². The van der Waals surface area contributed by atoms with E-state index in [0.29, 0.717) is 5.76 Å². The molecule has 0 saturated heterocycles. The molecule has 4 nitrogen and oxygen atoms in total. The van der Waals surface area contributed by atoms with Crippen LogP contribution in [0, 0.1) is 0 Å². The Bertz CT molecular complexity index is 756. The Morgan fingerprint density at radius 3 is 2.41 bits per heavy atom. The topological polar surface area (TPSA) is 51.8 Å². The maximum atomic E-state index is 12.5. The predicted molar refractivity (Wildman–Crippen MR) is 70.8 cm³/mol. The average Bonchev–Trinajstić information content (AvgIpc) is 3.09. The zero-order valence-corrected chi connectivity index (χ0v) is 10.9. The highest BCUT2D eigenvalue weighted by molar-refractivity contribution is 6.12. The second-order valence-electron chi connectivity index (χ2n) is 4.43. The van der Waals surface area contributed by atoms with Crippen molar-refractivity contribution in [2.45, 2.75) is 6.18 Å². The zero-order valence-electron chi connectivity index (χ0n) is 10.9. The molecule has 7 heteroatoms. The first-order valence-electron chi connectivity index (χ1n) is 6.17. The number of carbonyl (C=O) groups excluding carboxylic acids is 1. The number of cyclic esters (lactones) is 1. The van der Waals surface area contributed by atoms with Gasteiger partial charge in [-0.25, -0.2) is 9.79 Å². The number of esters is 1. The van der Waals surface area contributed by atoms with E-state index in [2.05, 4.69) is 4.99 Å². The van der Waals surface area contributed by atoms with Crippen LogP contribution in [0.3, 0.4) is 0 Å². The van der Waals surface area contributed by atoms with Gasteiger partial charge in [0.2, 0.25) is 5.90 Å². The molecule has 2 aromatic rings. The molecule has 0 amide bonds. The van der Waals surface area contributed by atoms with Crippen molar-refractivity contribution in [2.75, 3.05) is 0 Å². The third kappa shape index (κ3) is 2.78. The van der Waals surface area contributed by atoms with Crippen molar-refractivity contribution < 1.29 is 27.1 Å². The Labute approximate surface area is 122 Å². The standard InChI is InChI=1S/C15H8F3NO3/c16-15(17,18)10-5-3-9(4-6-10)13-19-12(14(20)22-13)8-11-2-1-7-21-11/h1-8H. The highest BCUT2D eigenvalue weighted by Crippen LogP contribution is 2.29. The SMILES string of the molecule is O=C1OC(c2ccc(C(F)(F)F)cc2)=NC1=Cc1ccco1. The molecule has 22 heavy (non-hydrogen) atoms. The highest BCUT2D eigenvalue weighted by Gasteiger charge is 2.31. The molecule has 0 N–H and O–H groups in total. The lowest BCUT2D eigenvalue weighted by atomic mass is 10.1. The van der Waals surface area contributed by atoms with E-state index in [1.165, 1.54) is 24.5 Å². The molecule has 1 aliphatic rings. The van der Waals surface area contributed by atoms with Crippen molar-refractivity contribution in [3.05, 3.63) is 65.2 Å². The number of carbonyl (C=O) groups is 1. The number of nitrogens with zero attached hydrogens (tertiary/aromatic N) is 1. The minimum Gasteiger partial charge on any atom is -0.465 e. The van der Waals surface area contributed by atoms with Crippen LogP contribution in [0.2, 0.25) is 0 Å². The molecule has 0 spiro atoms. The fourth-order valence-electron chi connectivity index (χ4n) is 1.84. The van der Waals surface area contributed by atoms with Crippen LogP contribution < -0.4 is 0 Å². The number of hydrogen-bond acceptors (Lipinski definition) is 4. The summed E-state index contributed by atoms with van der Waals surface area (Å²) in [6.45, 7) is 0. The van der Waals surface area contributed by atoms with Crippen molar-refractivity contribution in [1.29, 1.82) is 0 Å². The van der Waals surface area contributed by atoms with Crippen LogP contribution in [0.4, 0.5) is 13.2 Å². The Hall–Kier alpha value is -2.83. The lowest BCUT2D eigenvalue weighted by Gasteiger charge is -2.06. The lowest BCUT2D eigenvalue weighted by molar-refractivity contribution is -0.137. The number of rotatable bonds is 2. The van der Waals surface area contributed by atoms with Crippen molar-refractivity contribution in [3.63, 3.8) is 0 Å². The maximum Gasteiger partial charge on any atom is 0.416 e. The van der Waals surface area contributed by atoms with E-state index in [1.54, 1.807) is 12.1 Å². The minimum atomic E-state index is -4.42. The number of halogens is 3. The number of hydrogen-bond donors (Lipinski definition) is 0. The van der Waals surface area contributed by atoms with Crippen LogP contribution in [0.15, 0.2) is 57.8 Å². The van der Waals surface area contributed by atoms with Crippen LogP contribution in [0.5, 0.6) is 0 Å². The number of ether oxygens (including phenoxy) is 1. The van der Waals surface area contributed by atoms with E-state index in [-0.39, 0.29) is 17.2 Å². The molecule has 1 aliphatic heterocycles. The molecule has 0 saturated carbocycles. The number of alkyl halides is 3. The second-order valence-corrected chi connectivity index (χ2v) is 4.43. The summed E-state index contributed by atoms with van der Waals surface area (Å²) in [5.41, 5.74) is -0.485. The Morgan fingerprint density at radius 2 is 1.82 bits per heavy atom. The fraction of sp³-hybridized carbons (Fsp3) is 0.0667. The van der Waals surface area contributed by atoms with Gasteiger partial charge in [0.1, 0.15) is 5.76 Å². The molecule has 112 valence electrons. The van der Waals surface area contributed by atoms with E-state index >= 15 is 0 Å². The first-order valence-corrected chi connectivity index (χ1v) is 6.17. The lowest BCUT2D eigenvalue weighted by Crippen LogP contribution is -2.08. The van der Waals surface area contributed by atoms with Crippen molar-refractivity contribution in [3.8, 4) is 0 Å². The van der Waals surface area contributed by atoms with E-state index in [9.17, 15) is 18.0 Å². The summed E-state index contributed by atoms with van der Waals surface area (Å²) in [5, 5.41) is 0. The molecular formula is C15H8F3NO3. The summed E-state index contributed by atoms with van der Waals surface area (Å²) in [7, 11) is 0. The van der Waals surface area contributed by atoms with Crippen LogP contribution in [-0.2, 0) is 15.7 Å². The molecule has 0 bridgehead atoms. The van der Waals surface area contributed by atoms with Gasteiger partial charge in [-0.05, 0) is 36.4 Å². The van der Waals surface area contributed by atoms with Gasteiger partial charge in [-0.15, -0.1) is 0 Å². The van der Waals surface area contributed by atoms with Crippen LogP contribution in [0.25, 0.3) is 6.08 Å². The largest absolute Gasteiger partial charge is 0.465 e. The van der Waals surface area contributed by atoms with Gasteiger partial charge in [-0.2, -0.15) is 13.2 Å². The molecule has 0 atom stereocenters. The first-order chi connectivity index (χ1) is 10.4. The molecule has 0 unspecified atom stereocenters. The Balaban J connectivity index is 1.88. The van der Waals surface area contributed by atoms with Gasteiger partial charge in [-0.3, -0.25) is 0 Å². The molecule has 1 aromatic carbocycles. The van der Waals surface area contributed by atoms with Crippen molar-refractivity contribution in [2.24, 2.45) is 4.99 Å². The van der Waals surface area contributed by atoms with E-state index in [4.69, 9.17) is 9.15 Å². The van der Waals surface area contributed by atoms with Crippen molar-refractivity contribution in [1.82, 2.24) is 0 Å². The summed E-state index contributed by atoms with van der Waals surface area (Å²) in [5.74, 6) is -0.313. The van der Waals surface area contributed by atoms with Crippen LogP contribution in [-0.4, -0.2) is 11.9 Å². The minimum absolute atomic E-state index is 0.0184. The first kappa shape index (κ1) is 14.1. The monoisotopic (exact) mass is 307 g/mol. The molecule has 3 rings (SSSR count). The summed E-state index contributed by atoms with van der Waals surface area (Å²) in [6.07, 6.45) is -1.59. The van der Waals surface area contributed by atoms with Gasteiger partial charge in [0, 0.05) is 11.6 Å². The van der Waals surface area contributed by atoms with E-state index < -0.39 is 17.7 Å². The third-order valence-electron chi connectivity index (χ3n) is 2.90. The quantitative estimate of drug-likeness (QED) is 0.628. The normalized spacial score (nSPS) is 16.8. The van der Waals surface area contributed by atoms with Gasteiger partial charge in [0.25, 0.3) is 0 Å². The van der Waals surface area contributed by atoms with Gasteiger partial charge in [0.05, 0.1) is 11.8 Å². The van der Waals surface area contributed by atoms with Gasteiger partial charge in [0.15, 0.2) is 5.70 Å². The Morgan fingerprint density at radius 1 is 1.09 bits per heavy atom. The van der Waals surface area contributed by atoms with E-state index in [0.717, 1.165) is 12.1 Å². The average molecular weight is 307 g/mol. The molecule has 2 heterocycles. The van der Waals surface area contributed by atoms with Crippen LogP contribution in [0.1, 0.15) is 16.9 Å². The second kappa shape index (κ2) is 5.18. The summed E-state index contributed by atoms with van der Waals surface area (Å²) in [6, 6.07) is 7.48. The predicted octanol–water partition coefficient (Wildman–Crippen LogP) is 3.64. The molecule has 0 aliphatic carbocycles. The van der Waals surface area contributed by atoms with Crippen LogP contribution >= 0.6 is 0 Å². The van der Waals surface area contributed by atoms with Gasteiger partial charge >= 0.3 is 12.1 Å². The van der Waals surface area contributed by atoms with Gasteiger partial charge in [-0.1, -0.05) is 0 Å².